The molecule has 24 heavy (non-hydrogen) atoms. The molecule has 2 heterocycles. The zero-order valence-corrected chi connectivity index (χ0v) is 15.2. The summed E-state index contributed by atoms with van der Waals surface area (Å²) in [5.74, 6) is 1.12. The summed E-state index contributed by atoms with van der Waals surface area (Å²) in [7, 11) is 3.90. The topological polar surface area (TPSA) is 81.9 Å². The van der Waals surface area contributed by atoms with Crippen LogP contribution in [0.15, 0.2) is 24.5 Å². The van der Waals surface area contributed by atoms with Crippen molar-refractivity contribution in [2.75, 3.05) is 18.8 Å². The number of carbonyl (C=O) groups excluding carboxylic acids is 2. The molecule has 2 saturated heterocycles. The van der Waals surface area contributed by atoms with Gasteiger partial charge < -0.3 is 20.1 Å². The average Bonchev–Trinajstić information content (AvgIpc) is 3.21. The number of ether oxygens (including phenoxy) is 2. The number of nitrogens with zero attached hydrogens (tertiary/aromatic N) is 1. The molecule has 3 unspecified atom stereocenters. The molecule has 0 aliphatic carbocycles. The van der Waals surface area contributed by atoms with E-state index in [4.69, 9.17) is 15.2 Å². The smallest absolute Gasteiger partial charge is 0.295 e. The summed E-state index contributed by atoms with van der Waals surface area (Å²) in [6, 6.07) is 0. The Kier molecular flexibility index (Phi) is 8.55. The fraction of sp³-hybridized carbons (Fsp3) is 0.625. The molecule has 1 amide bonds. The molecule has 2 fully saturated rings. The number of hydrogen-bond donors (Lipinski definition) is 1. The molecule has 2 aliphatic rings. The standard InChI is InChI=1S/C16H24N2O4S2/c17-7-5-15(20)18-11-13(10-16(18)22-12-19)21-8-3-1-2-4-14-6-9-23-24-14/h1-3,8,12-14,16H,4-7,9-11,17H2/b2-1+,8-3+. The molecule has 0 saturated carbocycles. The summed E-state index contributed by atoms with van der Waals surface area (Å²) in [4.78, 5) is 24.1. The number of likely N-dealkylation sites (tertiary alicyclic amines) is 1. The van der Waals surface area contributed by atoms with Crippen molar-refractivity contribution < 1.29 is 19.1 Å². The van der Waals surface area contributed by atoms with E-state index in [0.29, 0.717) is 19.4 Å². The van der Waals surface area contributed by atoms with Gasteiger partial charge in [0.1, 0.15) is 6.10 Å². The molecule has 0 radical (unpaired) electrons. The molecular weight excluding hydrogens is 348 g/mol. The Labute approximate surface area is 150 Å². The molecule has 2 rings (SSSR count). The van der Waals surface area contributed by atoms with Crippen molar-refractivity contribution in [1.82, 2.24) is 4.90 Å². The maximum Gasteiger partial charge on any atom is 0.295 e. The van der Waals surface area contributed by atoms with E-state index in [1.54, 1.807) is 6.26 Å². The third-order valence-corrected chi connectivity index (χ3v) is 6.79. The van der Waals surface area contributed by atoms with E-state index in [2.05, 4.69) is 6.08 Å². The molecule has 0 spiro atoms. The average molecular weight is 373 g/mol. The second kappa shape index (κ2) is 10.7. The number of carbonyl (C=O) groups is 2. The van der Waals surface area contributed by atoms with Crippen LogP contribution in [0.4, 0.5) is 0 Å². The van der Waals surface area contributed by atoms with Gasteiger partial charge in [0.2, 0.25) is 5.91 Å². The number of nitrogens with two attached hydrogens (primary N) is 1. The van der Waals surface area contributed by atoms with Crippen molar-refractivity contribution in [3.8, 4) is 0 Å². The van der Waals surface area contributed by atoms with E-state index in [0.717, 1.165) is 11.7 Å². The van der Waals surface area contributed by atoms with Gasteiger partial charge in [0.25, 0.3) is 6.47 Å². The lowest BCUT2D eigenvalue weighted by Gasteiger charge is -2.22. The van der Waals surface area contributed by atoms with Gasteiger partial charge in [-0.3, -0.25) is 9.59 Å². The minimum atomic E-state index is -0.563. The fourth-order valence-electron chi connectivity index (χ4n) is 2.62. The van der Waals surface area contributed by atoms with Crippen LogP contribution < -0.4 is 5.73 Å². The van der Waals surface area contributed by atoms with Gasteiger partial charge in [-0.05, 0) is 18.9 Å². The Hall–Kier alpha value is -1.12. The Morgan fingerprint density at radius 3 is 2.92 bits per heavy atom. The molecule has 0 bridgehead atoms. The van der Waals surface area contributed by atoms with E-state index < -0.39 is 6.23 Å². The monoisotopic (exact) mass is 372 g/mol. The van der Waals surface area contributed by atoms with E-state index in [9.17, 15) is 9.59 Å². The van der Waals surface area contributed by atoms with Gasteiger partial charge in [0.05, 0.1) is 12.8 Å². The first-order valence-corrected chi connectivity index (χ1v) is 10.5. The highest BCUT2D eigenvalue weighted by atomic mass is 33.1. The van der Waals surface area contributed by atoms with Crippen LogP contribution in [0.1, 0.15) is 25.7 Å². The van der Waals surface area contributed by atoms with Crippen LogP contribution in [0, 0.1) is 0 Å². The van der Waals surface area contributed by atoms with E-state index in [1.807, 2.05) is 33.7 Å². The Balaban J connectivity index is 1.73. The van der Waals surface area contributed by atoms with Crippen LogP contribution in [0.3, 0.4) is 0 Å². The third kappa shape index (κ3) is 6.07. The SMILES string of the molecule is NCCC(=O)N1CC(O/C=C/C=C/CC2CCSS2)CC1OC=O. The fourth-order valence-corrected chi connectivity index (χ4v) is 5.53. The first-order valence-electron chi connectivity index (χ1n) is 8.08. The molecule has 134 valence electrons. The summed E-state index contributed by atoms with van der Waals surface area (Å²) >= 11 is 0. The minimum Gasteiger partial charge on any atom is -0.496 e. The molecule has 0 aromatic heterocycles. The lowest BCUT2D eigenvalue weighted by molar-refractivity contribution is -0.150. The Morgan fingerprint density at radius 2 is 2.21 bits per heavy atom. The van der Waals surface area contributed by atoms with Gasteiger partial charge in [-0.2, -0.15) is 0 Å². The van der Waals surface area contributed by atoms with Crippen LogP contribution in [-0.4, -0.2) is 53.7 Å². The van der Waals surface area contributed by atoms with Crippen molar-refractivity contribution in [2.45, 2.75) is 43.3 Å². The Bertz CT molecular complexity index is 467. The maximum atomic E-state index is 12.0. The van der Waals surface area contributed by atoms with Gasteiger partial charge in [-0.25, -0.2) is 0 Å². The molecule has 2 aliphatic heterocycles. The van der Waals surface area contributed by atoms with Gasteiger partial charge in [0.15, 0.2) is 6.23 Å². The highest BCUT2D eigenvalue weighted by molar-refractivity contribution is 8.77. The third-order valence-electron chi connectivity index (χ3n) is 3.83. The van der Waals surface area contributed by atoms with E-state index in [-0.39, 0.29) is 25.0 Å². The van der Waals surface area contributed by atoms with Crippen molar-refractivity contribution in [3.05, 3.63) is 24.5 Å². The first kappa shape index (κ1) is 19.2. The second-order valence-corrected chi connectivity index (χ2v) is 8.37. The van der Waals surface area contributed by atoms with Gasteiger partial charge in [0, 0.05) is 30.4 Å². The molecular formula is C16H24N2O4S2. The minimum absolute atomic E-state index is 0.119. The van der Waals surface area contributed by atoms with Gasteiger partial charge in [-0.15, -0.1) is 0 Å². The number of allylic oxidation sites excluding steroid dienone is 3. The summed E-state index contributed by atoms with van der Waals surface area (Å²) in [5.41, 5.74) is 5.41. The normalized spacial score (nSPS) is 27.2. The zero-order valence-electron chi connectivity index (χ0n) is 13.5. The highest BCUT2D eigenvalue weighted by Crippen LogP contribution is 2.39. The van der Waals surface area contributed by atoms with E-state index >= 15 is 0 Å². The maximum absolute atomic E-state index is 12.0. The highest BCUT2D eigenvalue weighted by Gasteiger charge is 2.36. The predicted molar refractivity (Wildman–Crippen MR) is 97.2 cm³/mol. The predicted octanol–water partition coefficient (Wildman–Crippen LogP) is 2.07. The van der Waals surface area contributed by atoms with E-state index in [1.165, 1.54) is 17.1 Å². The summed E-state index contributed by atoms with van der Waals surface area (Å²) in [6.07, 6.45) is 9.92. The molecule has 2 N–H and O–H groups in total. The van der Waals surface area contributed by atoms with Gasteiger partial charge >= 0.3 is 0 Å². The lowest BCUT2D eigenvalue weighted by Crippen LogP contribution is -2.38. The number of rotatable bonds is 9. The van der Waals surface area contributed by atoms with Crippen molar-refractivity contribution >= 4 is 34.0 Å². The number of hydrogen-bond acceptors (Lipinski definition) is 7. The second-order valence-electron chi connectivity index (χ2n) is 5.59. The first-order chi connectivity index (χ1) is 11.7. The lowest BCUT2D eigenvalue weighted by atomic mass is 10.2. The molecule has 8 heteroatoms. The molecule has 0 aromatic rings. The summed E-state index contributed by atoms with van der Waals surface area (Å²) < 4.78 is 10.6. The van der Waals surface area contributed by atoms with Crippen LogP contribution in [-0.2, 0) is 19.1 Å². The van der Waals surface area contributed by atoms with Crippen LogP contribution in [0.5, 0.6) is 0 Å². The van der Waals surface area contributed by atoms with Gasteiger partial charge in [-0.1, -0.05) is 33.7 Å². The van der Waals surface area contributed by atoms with Crippen molar-refractivity contribution in [2.24, 2.45) is 5.73 Å². The van der Waals surface area contributed by atoms with Crippen molar-refractivity contribution in [1.29, 1.82) is 0 Å². The van der Waals surface area contributed by atoms with Crippen LogP contribution >= 0.6 is 21.6 Å². The van der Waals surface area contributed by atoms with Crippen LogP contribution in [0.2, 0.25) is 0 Å². The largest absolute Gasteiger partial charge is 0.496 e. The summed E-state index contributed by atoms with van der Waals surface area (Å²) in [5, 5.41) is 0.721. The summed E-state index contributed by atoms with van der Waals surface area (Å²) in [6.45, 7) is 1.05. The van der Waals surface area contributed by atoms with Crippen LogP contribution in [0.25, 0.3) is 0 Å². The molecule has 6 nitrogen and oxygen atoms in total. The zero-order chi connectivity index (χ0) is 17.2. The van der Waals surface area contributed by atoms with Crippen molar-refractivity contribution in [3.63, 3.8) is 0 Å². The number of amides is 1. The quantitative estimate of drug-likeness (QED) is 0.287. The molecule has 0 aromatic carbocycles. The Morgan fingerprint density at radius 1 is 1.33 bits per heavy atom. The molecule has 3 atom stereocenters.